The van der Waals surface area contributed by atoms with E-state index in [0.717, 1.165) is 44.5 Å². The standard InChI is InChI=1S/C58H57N5O5S3/c1-56(2,3)43-32-37(33-44(50(43)65)57(4,5)6)34-45(59)67-54-52(49(63-47(64)35-48(63)70-54)53(66)68-51(38-22-12-7-13-23-38)39-24-14-8-15-25-39)71-55(69-46-36-60-62-61-46)58(40-26-16-9-17-27-40,41-28-18-10-19-29-41)42-30-20-11-21-31-42/h7-34,36,48,51,54-55,65H,35,59H2,1-6H3,(H,60,61,62)/b45-34-/t48-,54?,55?/m1/s1. The number of amides is 1. The SMILES string of the molecule is CC(C)(C)c1cc(/C=C(/N)OC2S[C@@H]3CC(=O)N3C(C(=O)OC(c3ccccc3)c3ccccc3)=C2SC(Sc2c[nH]nn2)C(c2ccccc2)(c2ccccc2)c2ccccc2)cc(C(C)(C)C)c1O. The summed E-state index contributed by atoms with van der Waals surface area (Å²) in [7, 11) is 0. The molecular formula is C58H57N5O5S3. The molecule has 2 aliphatic rings. The number of rotatable bonds is 15. The largest absolute Gasteiger partial charge is 0.507 e. The van der Waals surface area contributed by atoms with Crippen LogP contribution in [-0.2, 0) is 35.3 Å². The molecule has 71 heavy (non-hydrogen) atoms. The van der Waals surface area contributed by atoms with Crippen LogP contribution in [0, 0.1) is 0 Å². The number of carbonyl (C=O) groups is 2. The number of nitrogens with one attached hydrogen (secondary N) is 1. The van der Waals surface area contributed by atoms with Gasteiger partial charge in [-0.3, -0.25) is 14.8 Å². The number of carbonyl (C=O) groups excluding carboxylic acids is 2. The lowest BCUT2D eigenvalue weighted by Gasteiger charge is -2.48. The fourth-order valence-electron chi connectivity index (χ4n) is 9.23. The molecule has 3 atom stereocenters. The molecule has 1 amide bonds. The quantitative estimate of drug-likeness (QED) is 0.0225. The van der Waals surface area contributed by atoms with Crippen LogP contribution in [-0.4, -0.2) is 52.7 Å². The summed E-state index contributed by atoms with van der Waals surface area (Å²) < 4.78 is 13.1. The van der Waals surface area contributed by atoms with Crippen LogP contribution in [0.1, 0.15) is 98.6 Å². The highest BCUT2D eigenvalue weighted by Gasteiger charge is 2.53. The zero-order chi connectivity index (χ0) is 49.9. The number of H-pyrrole nitrogens is 1. The maximum atomic E-state index is 15.6. The van der Waals surface area contributed by atoms with Crippen molar-refractivity contribution >= 4 is 53.2 Å². The van der Waals surface area contributed by atoms with E-state index >= 15 is 4.79 Å². The average Bonchev–Trinajstić information content (AvgIpc) is 3.88. The van der Waals surface area contributed by atoms with Crippen molar-refractivity contribution in [3.8, 4) is 5.75 Å². The Morgan fingerprint density at radius 1 is 0.761 bits per heavy atom. The zero-order valence-electron chi connectivity index (χ0n) is 40.5. The van der Waals surface area contributed by atoms with E-state index in [-0.39, 0.29) is 40.5 Å². The van der Waals surface area contributed by atoms with E-state index in [1.807, 2.05) is 127 Å². The summed E-state index contributed by atoms with van der Waals surface area (Å²) in [6, 6.07) is 54.0. The Labute approximate surface area is 428 Å². The number of hydrogen-bond acceptors (Lipinski definition) is 11. The molecule has 6 aromatic carbocycles. The third-order valence-electron chi connectivity index (χ3n) is 12.7. The number of aromatic hydroxyl groups is 1. The molecule has 0 bridgehead atoms. The lowest BCUT2D eigenvalue weighted by atomic mass is 9.70. The van der Waals surface area contributed by atoms with Crippen LogP contribution in [0.3, 0.4) is 0 Å². The number of nitrogens with two attached hydrogens (primary N) is 1. The summed E-state index contributed by atoms with van der Waals surface area (Å²) in [5.41, 5.74) is 11.3. The summed E-state index contributed by atoms with van der Waals surface area (Å²) >= 11 is 4.34. The van der Waals surface area contributed by atoms with Gasteiger partial charge in [0.05, 0.1) is 32.9 Å². The van der Waals surface area contributed by atoms with Gasteiger partial charge in [-0.15, -0.1) is 16.9 Å². The van der Waals surface area contributed by atoms with E-state index in [4.69, 9.17) is 15.2 Å². The van der Waals surface area contributed by atoms with Crippen LogP contribution in [0.15, 0.2) is 191 Å². The van der Waals surface area contributed by atoms with Crippen LogP contribution >= 0.6 is 35.3 Å². The van der Waals surface area contributed by atoms with Crippen LogP contribution < -0.4 is 5.73 Å². The third-order valence-corrected chi connectivity index (χ3v) is 16.9. The highest BCUT2D eigenvalue weighted by atomic mass is 32.2. The maximum Gasteiger partial charge on any atom is 0.357 e. The molecule has 3 heterocycles. The maximum absolute atomic E-state index is 15.6. The number of aromatic amines is 1. The Kier molecular flexibility index (Phi) is 14.3. The number of hydrogen-bond donors (Lipinski definition) is 3. The number of benzene rings is 6. The molecule has 1 aromatic heterocycles. The van der Waals surface area contributed by atoms with Crippen molar-refractivity contribution in [2.45, 2.75) is 90.7 Å². The van der Waals surface area contributed by atoms with Crippen molar-refractivity contribution < 1.29 is 24.2 Å². The van der Waals surface area contributed by atoms with Crippen molar-refractivity contribution in [2.75, 3.05) is 0 Å². The molecule has 13 heteroatoms. The number of β-lactam (4-membered cyclic amide) rings is 1. The Morgan fingerprint density at radius 2 is 1.24 bits per heavy atom. The van der Waals surface area contributed by atoms with Crippen molar-refractivity contribution in [1.29, 1.82) is 0 Å². The van der Waals surface area contributed by atoms with Crippen molar-refractivity contribution in [3.63, 3.8) is 0 Å². The van der Waals surface area contributed by atoms with Gasteiger partial charge in [-0.1, -0.05) is 222 Å². The lowest BCUT2D eigenvalue weighted by Crippen LogP contribution is -2.55. The summed E-state index contributed by atoms with van der Waals surface area (Å²) in [4.78, 5) is 31.8. The average molecular weight is 1000 g/mol. The van der Waals surface area contributed by atoms with Gasteiger partial charge in [0.2, 0.25) is 5.91 Å². The van der Waals surface area contributed by atoms with E-state index in [2.05, 4.69) is 93.4 Å². The fourth-order valence-corrected chi connectivity index (χ4v) is 13.9. The van der Waals surface area contributed by atoms with E-state index < -0.39 is 32.9 Å². The minimum absolute atomic E-state index is 0.0884. The molecule has 9 rings (SSSR count). The minimum Gasteiger partial charge on any atom is -0.507 e. The van der Waals surface area contributed by atoms with Crippen molar-refractivity contribution in [1.82, 2.24) is 20.3 Å². The first-order chi connectivity index (χ1) is 34.1. The molecule has 2 unspecified atom stereocenters. The van der Waals surface area contributed by atoms with Gasteiger partial charge >= 0.3 is 5.97 Å². The van der Waals surface area contributed by atoms with Gasteiger partial charge in [0.1, 0.15) is 16.5 Å². The number of thioether (sulfide) groups is 3. The molecular weight excluding hydrogens is 943 g/mol. The van der Waals surface area contributed by atoms with Gasteiger partial charge in [0.25, 0.3) is 0 Å². The Balaban J connectivity index is 1.27. The number of aromatic nitrogens is 3. The number of phenolic OH excluding ortho intramolecular Hbond substituents is 1. The second-order valence-electron chi connectivity index (χ2n) is 19.6. The van der Waals surface area contributed by atoms with Crippen LogP contribution in [0.2, 0.25) is 0 Å². The molecule has 0 aliphatic carbocycles. The second-order valence-corrected chi connectivity index (χ2v) is 23.4. The first-order valence-corrected chi connectivity index (χ1v) is 26.2. The third kappa shape index (κ3) is 10.3. The van der Waals surface area contributed by atoms with E-state index in [1.165, 1.54) is 35.3 Å². The monoisotopic (exact) mass is 999 g/mol. The van der Waals surface area contributed by atoms with E-state index in [0.29, 0.717) is 9.93 Å². The van der Waals surface area contributed by atoms with Gasteiger partial charge in [-0.05, 0) is 56.3 Å². The Bertz CT molecular complexity index is 2860. The van der Waals surface area contributed by atoms with E-state index in [9.17, 15) is 9.90 Å². The van der Waals surface area contributed by atoms with Gasteiger partial charge < -0.3 is 20.3 Å². The topological polar surface area (TPSA) is 144 Å². The highest BCUT2D eigenvalue weighted by molar-refractivity contribution is 8.19. The van der Waals surface area contributed by atoms with Gasteiger partial charge in [-0.2, -0.15) is 0 Å². The first-order valence-electron chi connectivity index (χ1n) is 23.5. The predicted octanol–water partition coefficient (Wildman–Crippen LogP) is 12.4. The van der Waals surface area contributed by atoms with Gasteiger partial charge in [-0.25, -0.2) is 4.79 Å². The van der Waals surface area contributed by atoms with Crippen molar-refractivity contribution in [3.05, 3.63) is 231 Å². The minimum atomic E-state index is -0.943. The van der Waals surface area contributed by atoms with Crippen LogP contribution in [0.4, 0.5) is 0 Å². The molecule has 7 aromatic rings. The van der Waals surface area contributed by atoms with Crippen LogP contribution in [0.25, 0.3) is 6.08 Å². The number of ether oxygens (including phenoxy) is 2. The number of fused-ring (bicyclic) bond motifs is 1. The van der Waals surface area contributed by atoms with E-state index in [1.54, 1.807) is 17.2 Å². The smallest absolute Gasteiger partial charge is 0.357 e. The molecule has 10 nitrogen and oxygen atoms in total. The summed E-state index contributed by atoms with van der Waals surface area (Å²) in [5, 5.41) is 23.3. The number of esters is 1. The Hall–Kier alpha value is -6.67. The fraction of sp³-hybridized carbons (Fsp3) is 0.241. The molecule has 2 aliphatic heterocycles. The lowest BCUT2D eigenvalue weighted by molar-refractivity contribution is -0.152. The molecule has 0 saturated carbocycles. The zero-order valence-corrected chi connectivity index (χ0v) is 42.9. The van der Waals surface area contributed by atoms with Crippen molar-refractivity contribution in [2.24, 2.45) is 5.73 Å². The normalized spacial score (nSPS) is 16.9. The molecule has 0 spiro atoms. The van der Waals surface area contributed by atoms with Gasteiger partial charge in [0, 0.05) is 17.2 Å². The molecule has 0 radical (unpaired) electrons. The van der Waals surface area contributed by atoms with Crippen LogP contribution in [0.5, 0.6) is 5.75 Å². The second kappa shape index (κ2) is 20.6. The molecule has 1 saturated heterocycles. The summed E-state index contributed by atoms with van der Waals surface area (Å²) in [5.74, 6) is -0.550. The highest BCUT2D eigenvalue weighted by Crippen LogP contribution is 2.58. The van der Waals surface area contributed by atoms with Gasteiger partial charge in [0.15, 0.2) is 17.4 Å². The molecule has 362 valence electrons. The number of phenols is 1. The first kappa shape index (κ1) is 49.3. The summed E-state index contributed by atoms with van der Waals surface area (Å²) in [6.07, 6.45) is 2.91. The predicted molar refractivity (Wildman–Crippen MR) is 286 cm³/mol. The molecule has 1 fully saturated rings. The Morgan fingerprint density at radius 3 is 1.68 bits per heavy atom. The summed E-state index contributed by atoms with van der Waals surface area (Å²) in [6.45, 7) is 12.4. The molecule has 4 N–H and O–H groups in total. The number of nitrogens with zero attached hydrogens (tertiary/aromatic N) is 3.